The maximum atomic E-state index is 12.3. The molecule has 1 aromatic heterocycles. The second-order valence-electron chi connectivity index (χ2n) is 6.73. The first kappa shape index (κ1) is 21.0. The first-order valence-corrected chi connectivity index (χ1v) is 10.9. The quantitative estimate of drug-likeness (QED) is 0.243. The highest BCUT2D eigenvalue weighted by molar-refractivity contribution is 7.99. The Labute approximate surface area is 188 Å². The topological polar surface area (TPSA) is 79.5 Å². The van der Waals surface area contributed by atoms with Crippen molar-refractivity contribution in [2.75, 3.05) is 5.75 Å². The van der Waals surface area contributed by atoms with Crippen LogP contribution >= 0.6 is 23.4 Å². The van der Waals surface area contributed by atoms with Gasteiger partial charge in [-0.15, -0.1) is 0 Å². The van der Waals surface area contributed by atoms with Crippen molar-refractivity contribution in [3.63, 3.8) is 0 Å². The molecule has 0 bridgehead atoms. The van der Waals surface area contributed by atoms with Crippen LogP contribution in [0.15, 0.2) is 83.1 Å². The number of hydrogen-bond acceptors (Lipinski definition) is 5. The van der Waals surface area contributed by atoms with Crippen LogP contribution in [-0.4, -0.2) is 32.5 Å². The average molecular weight is 451 g/mol. The van der Waals surface area contributed by atoms with Crippen LogP contribution in [0.1, 0.15) is 11.1 Å². The number of fused-ring (bicyclic) bond motifs is 1. The summed E-state index contributed by atoms with van der Waals surface area (Å²) >= 11 is 7.70. The van der Waals surface area contributed by atoms with Crippen LogP contribution in [0.25, 0.3) is 11.0 Å². The van der Waals surface area contributed by atoms with Crippen molar-refractivity contribution in [3.05, 3.63) is 88.9 Å². The van der Waals surface area contributed by atoms with Crippen LogP contribution in [0.2, 0.25) is 5.02 Å². The van der Waals surface area contributed by atoms with E-state index >= 15 is 0 Å². The second-order valence-corrected chi connectivity index (χ2v) is 8.08. The molecule has 0 atom stereocenters. The van der Waals surface area contributed by atoms with Gasteiger partial charge >= 0.3 is 0 Å². The number of carbonyl (C=O) groups is 1. The molecule has 0 saturated heterocycles. The molecule has 4 rings (SSSR count). The lowest BCUT2D eigenvalue weighted by Crippen LogP contribution is -2.20. The van der Waals surface area contributed by atoms with E-state index in [1.807, 2.05) is 48.5 Å². The Bertz CT molecular complexity index is 1240. The van der Waals surface area contributed by atoms with Crippen molar-refractivity contribution in [2.45, 2.75) is 11.7 Å². The number of benzene rings is 3. The molecule has 3 aromatic carbocycles. The van der Waals surface area contributed by atoms with Gasteiger partial charge in [0.2, 0.25) is 0 Å². The third kappa shape index (κ3) is 5.25. The number of amides is 1. The summed E-state index contributed by atoms with van der Waals surface area (Å²) in [5.74, 6) is 0.104. The molecule has 0 aliphatic carbocycles. The number of nitrogens with one attached hydrogen (secondary N) is 1. The Balaban J connectivity index is 1.46. The molecule has 2 N–H and O–H groups in total. The SMILES string of the molecule is O=C(CSc1nc2ccccc2n1Cc1ccccc1Cl)N/N=C/c1ccc(O)cc1. The second kappa shape index (κ2) is 9.68. The van der Waals surface area contributed by atoms with E-state index in [9.17, 15) is 9.90 Å². The molecule has 0 saturated carbocycles. The van der Waals surface area contributed by atoms with Crippen LogP contribution in [0.5, 0.6) is 5.75 Å². The number of halogens is 1. The van der Waals surface area contributed by atoms with Crippen molar-refractivity contribution in [1.82, 2.24) is 15.0 Å². The van der Waals surface area contributed by atoms with Gasteiger partial charge in [-0.3, -0.25) is 4.79 Å². The zero-order chi connectivity index (χ0) is 21.6. The molecular formula is C23H19ClN4O2S. The molecule has 156 valence electrons. The standard InChI is InChI=1S/C23H19ClN4O2S/c24-19-6-2-1-5-17(19)14-28-21-8-4-3-7-20(21)26-23(28)31-15-22(30)27-25-13-16-9-11-18(29)12-10-16/h1-13,29H,14-15H2,(H,27,30)/b25-13+. The Morgan fingerprint density at radius 1 is 1.10 bits per heavy atom. The van der Waals surface area contributed by atoms with E-state index in [-0.39, 0.29) is 17.4 Å². The first-order chi connectivity index (χ1) is 15.1. The van der Waals surface area contributed by atoms with Crippen molar-refractivity contribution in [3.8, 4) is 5.75 Å². The van der Waals surface area contributed by atoms with E-state index < -0.39 is 0 Å². The molecule has 1 amide bonds. The largest absolute Gasteiger partial charge is 0.508 e. The monoisotopic (exact) mass is 450 g/mol. The zero-order valence-corrected chi connectivity index (χ0v) is 18.0. The number of hydrogen-bond donors (Lipinski definition) is 2. The maximum Gasteiger partial charge on any atom is 0.250 e. The molecule has 4 aromatic rings. The minimum atomic E-state index is -0.239. The molecule has 0 unspecified atom stereocenters. The van der Waals surface area contributed by atoms with Crippen LogP contribution in [0, 0.1) is 0 Å². The van der Waals surface area contributed by atoms with E-state index in [4.69, 9.17) is 11.6 Å². The van der Waals surface area contributed by atoms with Crippen molar-refractivity contribution >= 4 is 46.5 Å². The number of aromatic hydroxyl groups is 1. The van der Waals surface area contributed by atoms with Gasteiger partial charge < -0.3 is 9.67 Å². The van der Waals surface area contributed by atoms with Crippen molar-refractivity contribution < 1.29 is 9.90 Å². The van der Waals surface area contributed by atoms with Gasteiger partial charge in [0, 0.05) is 5.02 Å². The number of nitrogens with zero attached hydrogens (tertiary/aromatic N) is 3. The number of aromatic nitrogens is 2. The summed E-state index contributed by atoms with van der Waals surface area (Å²) in [5.41, 5.74) is 6.12. The summed E-state index contributed by atoms with van der Waals surface area (Å²) in [7, 11) is 0. The van der Waals surface area contributed by atoms with E-state index in [1.54, 1.807) is 24.3 Å². The maximum absolute atomic E-state index is 12.3. The highest BCUT2D eigenvalue weighted by Crippen LogP contribution is 2.27. The number of hydrazone groups is 1. The Kier molecular flexibility index (Phi) is 6.54. The van der Waals surface area contributed by atoms with E-state index in [2.05, 4.69) is 20.1 Å². The number of para-hydroxylation sites is 2. The van der Waals surface area contributed by atoms with Gasteiger partial charge in [0.05, 0.1) is 29.5 Å². The number of phenols is 1. The van der Waals surface area contributed by atoms with Crippen LogP contribution in [0.3, 0.4) is 0 Å². The van der Waals surface area contributed by atoms with E-state index in [1.165, 1.54) is 18.0 Å². The molecule has 0 aliphatic heterocycles. The lowest BCUT2D eigenvalue weighted by molar-refractivity contribution is -0.118. The minimum Gasteiger partial charge on any atom is -0.508 e. The molecule has 0 fully saturated rings. The normalized spacial score (nSPS) is 11.3. The summed E-state index contributed by atoms with van der Waals surface area (Å²) < 4.78 is 2.06. The van der Waals surface area contributed by atoms with E-state index in [0.717, 1.165) is 27.3 Å². The number of imidazole rings is 1. The first-order valence-electron chi connectivity index (χ1n) is 9.52. The molecule has 6 nitrogen and oxygen atoms in total. The molecule has 1 heterocycles. The third-order valence-corrected chi connectivity index (χ3v) is 5.88. The summed E-state index contributed by atoms with van der Waals surface area (Å²) in [6.45, 7) is 0.559. The van der Waals surface area contributed by atoms with Gasteiger partial charge in [0.25, 0.3) is 5.91 Å². The van der Waals surface area contributed by atoms with Gasteiger partial charge in [0.15, 0.2) is 5.16 Å². The van der Waals surface area contributed by atoms with Crippen LogP contribution in [-0.2, 0) is 11.3 Å². The predicted octanol–water partition coefficient (Wildman–Crippen LogP) is 4.69. The third-order valence-electron chi connectivity index (χ3n) is 4.53. The molecule has 0 aliphatic rings. The van der Waals surface area contributed by atoms with Crippen LogP contribution in [0.4, 0.5) is 0 Å². The Hall–Kier alpha value is -3.29. The fourth-order valence-corrected chi connectivity index (χ4v) is 4.02. The van der Waals surface area contributed by atoms with Gasteiger partial charge in [-0.25, -0.2) is 10.4 Å². The minimum absolute atomic E-state index is 0.165. The average Bonchev–Trinajstić information content (AvgIpc) is 3.13. The van der Waals surface area contributed by atoms with Gasteiger partial charge in [-0.2, -0.15) is 5.10 Å². The van der Waals surface area contributed by atoms with Gasteiger partial charge in [-0.1, -0.05) is 53.7 Å². The lowest BCUT2D eigenvalue weighted by Gasteiger charge is -2.10. The fourth-order valence-electron chi connectivity index (χ4n) is 3.01. The molecule has 8 heteroatoms. The molecular weight excluding hydrogens is 432 g/mol. The summed E-state index contributed by atoms with van der Waals surface area (Å²) in [6, 6.07) is 22.1. The lowest BCUT2D eigenvalue weighted by atomic mass is 10.2. The summed E-state index contributed by atoms with van der Waals surface area (Å²) in [6.07, 6.45) is 1.52. The molecule has 0 radical (unpaired) electrons. The zero-order valence-electron chi connectivity index (χ0n) is 16.4. The van der Waals surface area contributed by atoms with Crippen molar-refractivity contribution in [1.29, 1.82) is 0 Å². The number of thioether (sulfide) groups is 1. The fraction of sp³-hybridized carbons (Fsp3) is 0.0870. The number of rotatable bonds is 7. The summed E-state index contributed by atoms with van der Waals surface area (Å²) in [4.78, 5) is 16.9. The predicted molar refractivity (Wildman–Crippen MR) is 125 cm³/mol. The molecule has 31 heavy (non-hydrogen) atoms. The van der Waals surface area contributed by atoms with Gasteiger partial charge in [0.1, 0.15) is 5.75 Å². The Morgan fingerprint density at radius 3 is 2.65 bits per heavy atom. The number of carbonyl (C=O) groups excluding carboxylic acids is 1. The summed E-state index contributed by atoms with van der Waals surface area (Å²) in [5, 5.41) is 14.7. The smallest absolute Gasteiger partial charge is 0.250 e. The Morgan fingerprint density at radius 2 is 1.84 bits per heavy atom. The van der Waals surface area contributed by atoms with Crippen LogP contribution < -0.4 is 5.43 Å². The van der Waals surface area contributed by atoms with E-state index in [0.29, 0.717) is 11.6 Å². The number of phenolic OH excluding ortho intramolecular Hbond substituents is 1. The highest BCUT2D eigenvalue weighted by Gasteiger charge is 2.14. The van der Waals surface area contributed by atoms with Crippen molar-refractivity contribution in [2.24, 2.45) is 5.10 Å². The van der Waals surface area contributed by atoms with Gasteiger partial charge in [-0.05, 0) is 53.6 Å². The molecule has 0 spiro atoms. The highest BCUT2D eigenvalue weighted by atomic mass is 35.5.